The molecule has 6 nitrogen and oxygen atoms in total. The summed E-state index contributed by atoms with van der Waals surface area (Å²) in [5.74, 6) is -2.74. The van der Waals surface area contributed by atoms with Crippen molar-refractivity contribution in [1.82, 2.24) is 0 Å². The van der Waals surface area contributed by atoms with E-state index in [1.54, 1.807) is 12.1 Å². The molecule has 0 unspecified atom stereocenters. The summed E-state index contributed by atoms with van der Waals surface area (Å²) < 4.78 is 59.6. The monoisotopic (exact) mass is 444 g/mol. The lowest BCUT2D eigenvalue weighted by Gasteiger charge is -2.20. The van der Waals surface area contributed by atoms with Crippen molar-refractivity contribution in [3.05, 3.63) is 83.4 Å². The third kappa shape index (κ3) is 3.84. The highest BCUT2D eigenvalue weighted by molar-refractivity contribution is 7.92. The van der Waals surface area contributed by atoms with Crippen LogP contribution in [0.1, 0.15) is 15.9 Å². The minimum atomic E-state index is -3.93. The Morgan fingerprint density at radius 1 is 1.03 bits per heavy atom. The van der Waals surface area contributed by atoms with E-state index in [0.29, 0.717) is 18.7 Å². The van der Waals surface area contributed by atoms with Crippen LogP contribution in [0.15, 0.2) is 65.6 Å². The molecule has 0 aromatic heterocycles. The molecule has 0 bridgehead atoms. The summed E-state index contributed by atoms with van der Waals surface area (Å²) in [5, 5.41) is 2.43. The SMILES string of the molecule is COc1ccc(S(=O)(=O)N2CCc3ccccc32)cc1C(=O)Nc1ccc(F)c(F)c1. The molecular weight excluding hydrogens is 426 g/mol. The summed E-state index contributed by atoms with van der Waals surface area (Å²) in [6, 6.07) is 14.1. The van der Waals surface area contributed by atoms with Crippen LogP contribution in [-0.2, 0) is 16.4 Å². The maximum Gasteiger partial charge on any atom is 0.264 e. The van der Waals surface area contributed by atoms with E-state index in [1.807, 2.05) is 12.1 Å². The fourth-order valence-electron chi connectivity index (χ4n) is 3.48. The molecule has 0 saturated carbocycles. The molecule has 9 heteroatoms. The van der Waals surface area contributed by atoms with Gasteiger partial charge in [-0.3, -0.25) is 9.10 Å². The van der Waals surface area contributed by atoms with Crippen molar-refractivity contribution >= 4 is 27.3 Å². The van der Waals surface area contributed by atoms with Gasteiger partial charge in [0.05, 0.1) is 23.3 Å². The Hall–Kier alpha value is -3.46. The number of carbonyl (C=O) groups is 1. The molecule has 1 aliphatic rings. The van der Waals surface area contributed by atoms with E-state index in [9.17, 15) is 22.0 Å². The number of ether oxygens (including phenoxy) is 1. The summed E-state index contributed by atoms with van der Waals surface area (Å²) in [6.07, 6.45) is 0.592. The van der Waals surface area contributed by atoms with Gasteiger partial charge in [0.25, 0.3) is 15.9 Å². The van der Waals surface area contributed by atoms with Crippen LogP contribution in [0.25, 0.3) is 0 Å². The molecule has 0 fully saturated rings. The van der Waals surface area contributed by atoms with Gasteiger partial charge in [-0.1, -0.05) is 18.2 Å². The van der Waals surface area contributed by atoms with Gasteiger partial charge < -0.3 is 10.1 Å². The molecule has 31 heavy (non-hydrogen) atoms. The highest BCUT2D eigenvalue weighted by atomic mass is 32.2. The highest BCUT2D eigenvalue weighted by Gasteiger charge is 2.31. The van der Waals surface area contributed by atoms with E-state index >= 15 is 0 Å². The Morgan fingerprint density at radius 2 is 1.81 bits per heavy atom. The lowest BCUT2D eigenvalue weighted by molar-refractivity contribution is 0.102. The van der Waals surface area contributed by atoms with E-state index in [2.05, 4.69) is 5.32 Å². The normalized spacial score (nSPS) is 13.1. The fraction of sp³-hybridized carbons (Fsp3) is 0.136. The number of nitrogens with one attached hydrogen (secondary N) is 1. The van der Waals surface area contributed by atoms with Crippen LogP contribution >= 0.6 is 0 Å². The average molecular weight is 444 g/mol. The van der Waals surface area contributed by atoms with Crippen LogP contribution < -0.4 is 14.4 Å². The number of fused-ring (bicyclic) bond motifs is 1. The zero-order valence-electron chi connectivity index (χ0n) is 16.4. The Morgan fingerprint density at radius 3 is 2.55 bits per heavy atom. The average Bonchev–Trinajstić information content (AvgIpc) is 3.21. The summed E-state index contributed by atoms with van der Waals surface area (Å²) in [4.78, 5) is 12.7. The molecule has 3 aromatic rings. The van der Waals surface area contributed by atoms with Gasteiger partial charge in [0.15, 0.2) is 11.6 Å². The lowest BCUT2D eigenvalue weighted by Crippen LogP contribution is -2.29. The molecule has 0 spiro atoms. The minimum absolute atomic E-state index is 0.0210. The van der Waals surface area contributed by atoms with Gasteiger partial charge in [0.1, 0.15) is 5.75 Å². The number of methoxy groups -OCH3 is 1. The van der Waals surface area contributed by atoms with E-state index < -0.39 is 27.6 Å². The lowest BCUT2D eigenvalue weighted by atomic mass is 10.2. The van der Waals surface area contributed by atoms with Crippen molar-refractivity contribution in [2.45, 2.75) is 11.3 Å². The van der Waals surface area contributed by atoms with Gasteiger partial charge in [-0.2, -0.15) is 0 Å². The van der Waals surface area contributed by atoms with E-state index in [1.165, 1.54) is 35.7 Å². The van der Waals surface area contributed by atoms with Crippen molar-refractivity contribution in [3.63, 3.8) is 0 Å². The first-order chi connectivity index (χ1) is 14.8. The number of benzene rings is 3. The number of sulfonamides is 1. The van der Waals surface area contributed by atoms with Crippen molar-refractivity contribution in [2.75, 3.05) is 23.3 Å². The molecule has 1 aliphatic heterocycles. The maximum absolute atomic E-state index is 13.5. The molecule has 1 amide bonds. The van der Waals surface area contributed by atoms with Crippen molar-refractivity contribution in [3.8, 4) is 5.75 Å². The van der Waals surface area contributed by atoms with Gasteiger partial charge in [-0.05, 0) is 48.4 Å². The molecule has 160 valence electrons. The topological polar surface area (TPSA) is 75.7 Å². The third-order valence-corrected chi connectivity index (χ3v) is 6.83. The number of halogens is 2. The minimum Gasteiger partial charge on any atom is -0.496 e. The van der Waals surface area contributed by atoms with E-state index in [-0.39, 0.29) is 21.9 Å². The summed E-state index contributed by atoms with van der Waals surface area (Å²) in [6.45, 7) is 0.296. The number of hydrogen-bond donors (Lipinski definition) is 1. The molecule has 0 radical (unpaired) electrons. The van der Waals surface area contributed by atoms with E-state index in [0.717, 1.165) is 17.7 Å². The van der Waals surface area contributed by atoms with Gasteiger partial charge in [-0.25, -0.2) is 17.2 Å². The molecular formula is C22H18F2N2O4S. The highest BCUT2D eigenvalue weighted by Crippen LogP contribution is 2.34. The van der Waals surface area contributed by atoms with Gasteiger partial charge >= 0.3 is 0 Å². The number of anilines is 2. The fourth-order valence-corrected chi connectivity index (χ4v) is 5.01. The first-order valence-corrected chi connectivity index (χ1v) is 10.8. The quantitative estimate of drug-likeness (QED) is 0.646. The molecule has 1 N–H and O–H groups in total. The number of amides is 1. The molecule has 1 heterocycles. The zero-order chi connectivity index (χ0) is 22.2. The van der Waals surface area contributed by atoms with Crippen LogP contribution in [0.3, 0.4) is 0 Å². The molecule has 4 rings (SSSR count). The first kappa shape index (κ1) is 20.8. The Kier molecular flexibility index (Phi) is 5.36. The van der Waals surface area contributed by atoms with E-state index in [4.69, 9.17) is 4.74 Å². The predicted octanol–water partition coefficient (Wildman–Crippen LogP) is 3.98. The Balaban J connectivity index is 1.69. The number of carbonyl (C=O) groups excluding carboxylic acids is 1. The standard InChI is InChI=1S/C22H18F2N2O4S/c1-30-21-9-7-16(31(28,29)26-11-10-14-4-2-3-5-20(14)26)13-17(21)22(27)25-15-6-8-18(23)19(24)12-15/h2-9,12-13H,10-11H2,1H3,(H,25,27). The molecule has 0 atom stereocenters. The van der Waals surface area contributed by atoms with Crippen LogP contribution in [0.4, 0.5) is 20.2 Å². The summed E-state index contributed by atoms with van der Waals surface area (Å²) in [7, 11) is -2.59. The zero-order valence-corrected chi connectivity index (χ0v) is 17.2. The van der Waals surface area contributed by atoms with Crippen molar-refractivity contribution in [1.29, 1.82) is 0 Å². The van der Waals surface area contributed by atoms with Crippen LogP contribution in [0, 0.1) is 11.6 Å². The maximum atomic E-state index is 13.5. The smallest absolute Gasteiger partial charge is 0.264 e. The predicted molar refractivity (Wildman–Crippen MR) is 112 cm³/mol. The van der Waals surface area contributed by atoms with Crippen LogP contribution in [0.5, 0.6) is 5.75 Å². The van der Waals surface area contributed by atoms with Crippen LogP contribution in [0.2, 0.25) is 0 Å². The number of nitrogens with zero attached hydrogens (tertiary/aromatic N) is 1. The largest absolute Gasteiger partial charge is 0.496 e. The van der Waals surface area contributed by atoms with Gasteiger partial charge in [-0.15, -0.1) is 0 Å². The molecule has 0 aliphatic carbocycles. The molecule has 3 aromatic carbocycles. The van der Waals surface area contributed by atoms with Gasteiger partial charge in [0, 0.05) is 18.3 Å². The van der Waals surface area contributed by atoms with Crippen molar-refractivity contribution in [2.24, 2.45) is 0 Å². The number of para-hydroxylation sites is 1. The summed E-state index contributed by atoms with van der Waals surface area (Å²) in [5.41, 5.74) is 1.50. The second kappa shape index (κ2) is 7.99. The number of rotatable bonds is 5. The van der Waals surface area contributed by atoms with Gasteiger partial charge in [0.2, 0.25) is 0 Å². The van der Waals surface area contributed by atoms with Crippen molar-refractivity contribution < 1.29 is 26.7 Å². The Bertz CT molecular complexity index is 1280. The second-order valence-electron chi connectivity index (χ2n) is 6.90. The first-order valence-electron chi connectivity index (χ1n) is 9.36. The molecule has 0 saturated heterocycles. The van der Waals surface area contributed by atoms with Crippen LogP contribution in [-0.4, -0.2) is 28.0 Å². The third-order valence-electron chi connectivity index (χ3n) is 5.03. The Labute approximate surface area is 178 Å². The number of hydrogen-bond acceptors (Lipinski definition) is 4. The second-order valence-corrected chi connectivity index (χ2v) is 8.76. The summed E-state index contributed by atoms with van der Waals surface area (Å²) >= 11 is 0.